The van der Waals surface area contributed by atoms with Gasteiger partial charge in [0.05, 0.1) is 6.54 Å². The van der Waals surface area contributed by atoms with Crippen molar-refractivity contribution in [2.45, 2.75) is 19.0 Å². The third-order valence-corrected chi connectivity index (χ3v) is 5.35. The second kappa shape index (κ2) is 9.58. The molecule has 1 unspecified atom stereocenters. The molecule has 2 heterocycles. The summed E-state index contributed by atoms with van der Waals surface area (Å²) in [6, 6.07) is 24.8. The molecule has 4 rings (SSSR count). The van der Waals surface area contributed by atoms with Crippen LogP contribution in [0.3, 0.4) is 0 Å². The minimum absolute atomic E-state index is 0.341. The highest BCUT2D eigenvalue weighted by molar-refractivity contribution is 5.34. The highest BCUT2D eigenvalue weighted by atomic mass is 16.5. The summed E-state index contributed by atoms with van der Waals surface area (Å²) in [5.74, 6) is 0.950. The summed E-state index contributed by atoms with van der Waals surface area (Å²) in [4.78, 5) is 2.58. The highest BCUT2D eigenvalue weighted by Crippen LogP contribution is 2.29. The van der Waals surface area contributed by atoms with Crippen molar-refractivity contribution in [2.24, 2.45) is 0 Å². The number of nitrogens with one attached hydrogen (secondary N) is 1. The quantitative estimate of drug-likeness (QED) is 0.654. The van der Waals surface area contributed by atoms with Crippen molar-refractivity contribution in [3.05, 3.63) is 90.3 Å². The Balaban J connectivity index is 1.49. The summed E-state index contributed by atoms with van der Waals surface area (Å²) in [6.07, 6.45) is 5.04. The molecule has 0 spiro atoms. The van der Waals surface area contributed by atoms with Crippen LogP contribution in [0.1, 0.15) is 17.2 Å². The van der Waals surface area contributed by atoms with Gasteiger partial charge in [-0.3, -0.25) is 4.90 Å². The van der Waals surface area contributed by atoms with Gasteiger partial charge in [0.1, 0.15) is 12.4 Å². The SMILES string of the molecule is [c]1cccc(OCCn2cccc2)c1CC(c1ccccc1)N1CCNCC1. The molecule has 0 saturated carbocycles. The Morgan fingerprint density at radius 2 is 1.75 bits per heavy atom. The Morgan fingerprint density at radius 1 is 0.964 bits per heavy atom. The normalized spacial score (nSPS) is 16.0. The van der Waals surface area contributed by atoms with Gasteiger partial charge in [0.15, 0.2) is 0 Å². The van der Waals surface area contributed by atoms with E-state index < -0.39 is 0 Å². The Kier molecular flexibility index (Phi) is 6.43. The van der Waals surface area contributed by atoms with Crippen molar-refractivity contribution >= 4 is 0 Å². The molecule has 0 aliphatic carbocycles. The number of rotatable bonds is 8. The monoisotopic (exact) mass is 374 g/mol. The first-order valence-corrected chi connectivity index (χ1v) is 10.1. The van der Waals surface area contributed by atoms with Gasteiger partial charge in [-0.05, 0) is 36.2 Å². The number of hydrogen-bond donors (Lipinski definition) is 1. The van der Waals surface area contributed by atoms with E-state index in [0.717, 1.165) is 50.5 Å². The van der Waals surface area contributed by atoms with E-state index in [2.05, 4.69) is 69.6 Å². The molecule has 0 amide bonds. The second-order valence-corrected chi connectivity index (χ2v) is 7.20. The van der Waals surface area contributed by atoms with Crippen LogP contribution in [0.25, 0.3) is 0 Å². The Hall–Kier alpha value is -2.56. The van der Waals surface area contributed by atoms with Crippen molar-refractivity contribution in [2.75, 3.05) is 32.8 Å². The van der Waals surface area contributed by atoms with Crippen molar-refractivity contribution in [1.29, 1.82) is 0 Å². The topological polar surface area (TPSA) is 29.4 Å². The fourth-order valence-electron chi connectivity index (χ4n) is 3.85. The van der Waals surface area contributed by atoms with Gasteiger partial charge in [-0.15, -0.1) is 0 Å². The molecule has 1 radical (unpaired) electrons. The number of piperazine rings is 1. The molecule has 3 aromatic rings. The van der Waals surface area contributed by atoms with E-state index in [9.17, 15) is 0 Å². The molecular weight excluding hydrogens is 346 g/mol. The van der Waals surface area contributed by atoms with Gasteiger partial charge in [0, 0.05) is 50.2 Å². The lowest BCUT2D eigenvalue weighted by Gasteiger charge is -2.35. The summed E-state index contributed by atoms with van der Waals surface area (Å²) in [7, 11) is 0. The molecule has 1 fully saturated rings. The van der Waals surface area contributed by atoms with E-state index in [1.807, 2.05) is 24.3 Å². The van der Waals surface area contributed by atoms with Crippen LogP contribution in [-0.4, -0.2) is 42.3 Å². The Morgan fingerprint density at radius 3 is 2.54 bits per heavy atom. The largest absolute Gasteiger partial charge is 0.491 e. The van der Waals surface area contributed by atoms with E-state index in [1.165, 1.54) is 5.56 Å². The van der Waals surface area contributed by atoms with Crippen molar-refractivity contribution in [1.82, 2.24) is 14.8 Å². The molecule has 145 valence electrons. The maximum atomic E-state index is 6.15. The number of benzene rings is 2. The molecule has 1 aliphatic rings. The standard InChI is InChI=1S/C24H28N3O/c1-2-8-21(9-3-1)23(27-16-12-25-13-17-27)20-22-10-4-5-11-24(22)28-19-18-26-14-6-7-15-26/h1-9,11,14-15,23,25H,12-13,16-20H2. The van der Waals surface area contributed by atoms with E-state index in [4.69, 9.17) is 4.74 Å². The first-order valence-electron chi connectivity index (χ1n) is 10.1. The van der Waals surface area contributed by atoms with Gasteiger partial charge in [0.25, 0.3) is 0 Å². The predicted molar refractivity (Wildman–Crippen MR) is 113 cm³/mol. The van der Waals surface area contributed by atoms with Gasteiger partial charge >= 0.3 is 0 Å². The number of nitrogens with zero attached hydrogens (tertiary/aromatic N) is 2. The molecular formula is C24H28N3O. The Bertz CT molecular complexity index is 826. The van der Waals surface area contributed by atoms with Crippen LogP contribution in [-0.2, 0) is 13.0 Å². The zero-order valence-electron chi connectivity index (χ0n) is 16.3. The zero-order valence-corrected chi connectivity index (χ0v) is 16.3. The fraction of sp³-hybridized carbons (Fsp3) is 0.333. The predicted octanol–water partition coefficient (Wildman–Crippen LogP) is 3.56. The lowest BCUT2D eigenvalue weighted by atomic mass is 9.96. The molecule has 1 aromatic heterocycles. The van der Waals surface area contributed by atoms with Crippen molar-refractivity contribution in [3.63, 3.8) is 0 Å². The fourth-order valence-corrected chi connectivity index (χ4v) is 3.85. The number of ether oxygens (including phenoxy) is 1. The van der Waals surface area contributed by atoms with Gasteiger partial charge in [-0.1, -0.05) is 42.5 Å². The number of hydrogen-bond acceptors (Lipinski definition) is 3. The van der Waals surface area contributed by atoms with E-state index >= 15 is 0 Å². The first-order chi connectivity index (χ1) is 13.9. The number of aromatic nitrogens is 1. The average molecular weight is 375 g/mol. The van der Waals surface area contributed by atoms with Crippen LogP contribution < -0.4 is 10.1 Å². The van der Waals surface area contributed by atoms with Crippen LogP contribution in [0.4, 0.5) is 0 Å². The first kappa shape index (κ1) is 18.8. The summed E-state index contributed by atoms with van der Waals surface area (Å²) < 4.78 is 8.29. The molecule has 4 heteroatoms. The lowest BCUT2D eigenvalue weighted by Crippen LogP contribution is -2.45. The molecule has 0 bridgehead atoms. The molecule has 4 nitrogen and oxygen atoms in total. The van der Waals surface area contributed by atoms with E-state index in [-0.39, 0.29) is 0 Å². The Labute approximate surface area is 167 Å². The zero-order chi connectivity index (χ0) is 19.0. The maximum absolute atomic E-state index is 6.15. The van der Waals surface area contributed by atoms with Gasteiger partial charge in [-0.25, -0.2) is 0 Å². The molecule has 28 heavy (non-hydrogen) atoms. The van der Waals surface area contributed by atoms with Crippen LogP contribution in [0.5, 0.6) is 5.75 Å². The third kappa shape index (κ3) is 4.83. The molecule has 1 N–H and O–H groups in total. The van der Waals surface area contributed by atoms with Crippen LogP contribution >= 0.6 is 0 Å². The average Bonchev–Trinajstić information content (AvgIpc) is 3.28. The summed E-state index contributed by atoms with van der Waals surface area (Å²) in [5.41, 5.74) is 2.52. The second-order valence-electron chi connectivity index (χ2n) is 7.20. The van der Waals surface area contributed by atoms with Crippen LogP contribution in [0.2, 0.25) is 0 Å². The highest BCUT2D eigenvalue weighted by Gasteiger charge is 2.23. The summed E-state index contributed by atoms with van der Waals surface area (Å²) in [5, 5.41) is 3.46. The van der Waals surface area contributed by atoms with Gasteiger partial charge in [0.2, 0.25) is 0 Å². The van der Waals surface area contributed by atoms with Gasteiger partial charge < -0.3 is 14.6 Å². The summed E-state index contributed by atoms with van der Waals surface area (Å²) in [6.45, 7) is 5.72. The minimum atomic E-state index is 0.341. The molecule has 1 aliphatic heterocycles. The summed E-state index contributed by atoms with van der Waals surface area (Å²) >= 11 is 0. The van der Waals surface area contributed by atoms with E-state index in [0.29, 0.717) is 12.6 Å². The third-order valence-electron chi connectivity index (χ3n) is 5.35. The van der Waals surface area contributed by atoms with Crippen molar-refractivity contribution in [3.8, 4) is 5.75 Å². The molecule has 2 aromatic carbocycles. The maximum Gasteiger partial charge on any atom is 0.123 e. The lowest BCUT2D eigenvalue weighted by molar-refractivity contribution is 0.171. The van der Waals surface area contributed by atoms with Crippen LogP contribution in [0, 0.1) is 6.07 Å². The van der Waals surface area contributed by atoms with E-state index in [1.54, 1.807) is 0 Å². The smallest absolute Gasteiger partial charge is 0.123 e. The minimum Gasteiger partial charge on any atom is -0.491 e. The molecule has 1 saturated heterocycles. The van der Waals surface area contributed by atoms with Crippen molar-refractivity contribution < 1.29 is 4.74 Å². The van der Waals surface area contributed by atoms with Gasteiger partial charge in [-0.2, -0.15) is 0 Å². The van der Waals surface area contributed by atoms with Crippen LogP contribution in [0.15, 0.2) is 73.1 Å². The molecule has 1 atom stereocenters.